The molecule has 0 N–H and O–H groups in total. The van der Waals surface area contributed by atoms with Gasteiger partial charge in [0.2, 0.25) is 0 Å². The first-order chi connectivity index (χ1) is 5.47. The van der Waals surface area contributed by atoms with Crippen LogP contribution in [0.2, 0.25) is 19.6 Å². The summed E-state index contributed by atoms with van der Waals surface area (Å²) < 4.78 is 5.03. The van der Waals surface area contributed by atoms with Gasteiger partial charge in [-0.15, -0.1) is 5.54 Å². The maximum atomic E-state index is 5.03. The van der Waals surface area contributed by atoms with Gasteiger partial charge in [0.25, 0.3) is 0 Å². The third-order valence-electron chi connectivity index (χ3n) is 1.18. The lowest BCUT2D eigenvalue weighted by atomic mass is 10.5. The summed E-state index contributed by atoms with van der Waals surface area (Å²) in [6.45, 7) is 8.42. The van der Waals surface area contributed by atoms with E-state index in [0.29, 0.717) is 5.89 Å². The molecule has 0 unspecified atom stereocenters. The first kappa shape index (κ1) is 9.08. The number of oxazole rings is 1. The lowest BCUT2D eigenvalue weighted by Gasteiger charge is -2.02. The number of aryl methyl sites for hydroxylation is 1. The highest BCUT2D eigenvalue weighted by Crippen LogP contribution is 2.00. The molecule has 2 nitrogen and oxygen atoms in total. The van der Waals surface area contributed by atoms with Crippen molar-refractivity contribution >= 4 is 8.07 Å². The van der Waals surface area contributed by atoms with Crippen molar-refractivity contribution in [2.24, 2.45) is 0 Å². The predicted molar refractivity (Wildman–Crippen MR) is 51.5 cm³/mol. The highest BCUT2D eigenvalue weighted by Gasteiger charge is 2.07. The van der Waals surface area contributed by atoms with Gasteiger partial charge in [-0.05, 0) is 0 Å². The SMILES string of the molecule is Cc1nc(C#C[Si](C)(C)C)co1. The summed E-state index contributed by atoms with van der Waals surface area (Å²) in [5.41, 5.74) is 3.96. The lowest BCUT2D eigenvalue weighted by Crippen LogP contribution is -2.16. The van der Waals surface area contributed by atoms with Crippen LogP contribution in [0.5, 0.6) is 0 Å². The quantitative estimate of drug-likeness (QED) is 0.451. The molecule has 64 valence electrons. The number of nitrogens with zero attached hydrogens (tertiary/aromatic N) is 1. The van der Waals surface area contributed by atoms with Gasteiger partial charge >= 0.3 is 0 Å². The van der Waals surface area contributed by atoms with Gasteiger partial charge in [-0.1, -0.05) is 25.6 Å². The molecule has 12 heavy (non-hydrogen) atoms. The summed E-state index contributed by atoms with van der Waals surface area (Å²) in [4.78, 5) is 4.10. The number of rotatable bonds is 0. The minimum atomic E-state index is -1.27. The molecule has 3 heteroatoms. The molecule has 1 rings (SSSR count). The van der Waals surface area contributed by atoms with E-state index in [1.165, 1.54) is 0 Å². The van der Waals surface area contributed by atoms with Crippen LogP contribution in [0.25, 0.3) is 0 Å². The summed E-state index contributed by atoms with van der Waals surface area (Å²) >= 11 is 0. The fraction of sp³-hybridized carbons (Fsp3) is 0.444. The Bertz CT molecular complexity index is 324. The summed E-state index contributed by atoms with van der Waals surface area (Å²) in [7, 11) is -1.27. The van der Waals surface area contributed by atoms with Crippen molar-refractivity contribution in [1.82, 2.24) is 4.98 Å². The van der Waals surface area contributed by atoms with Gasteiger partial charge in [0.05, 0.1) is 0 Å². The molecule has 0 fully saturated rings. The molecule has 1 aromatic heterocycles. The lowest BCUT2D eigenvalue weighted by molar-refractivity contribution is 0.521. The topological polar surface area (TPSA) is 26.0 Å². The van der Waals surface area contributed by atoms with Gasteiger partial charge in [0.15, 0.2) is 11.6 Å². The van der Waals surface area contributed by atoms with Gasteiger partial charge in [-0.3, -0.25) is 0 Å². The zero-order valence-electron chi connectivity index (χ0n) is 7.93. The number of aromatic nitrogens is 1. The molecule has 0 saturated heterocycles. The molecule has 1 aromatic rings. The van der Waals surface area contributed by atoms with Gasteiger partial charge in [-0.25, -0.2) is 4.98 Å². The van der Waals surface area contributed by atoms with E-state index >= 15 is 0 Å². The Morgan fingerprint density at radius 3 is 2.50 bits per heavy atom. The molecule has 0 aliphatic rings. The molecule has 0 spiro atoms. The molecule has 0 radical (unpaired) electrons. The maximum absolute atomic E-state index is 5.03. The molecular weight excluding hydrogens is 166 g/mol. The second-order valence-corrected chi connectivity index (χ2v) is 8.50. The maximum Gasteiger partial charge on any atom is 0.192 e. The van der Waals surface area contributed by atoms with Crippen LogP contribution in [0, 0.1) is 18.4 Å². The van der Waals surface area contributed by atoms with E-state index in [0.717, 1.165) is 5.69 Å². The summed E-state index contributed by atoms with van der Waals surface area (Å²) in [6, 6.07) is 0. The fourth-order valence-electron chi connectivity index (χ4n) is 0.672. The monoisotopic (exact) mass is 179 g/mol. The molecule has 0 aliphatic heterocycles. The van der Waals surface area contributed by atoms with E-state index < -0.39 is 8.07 Å². The second kappa shape index (κ2) is 3.16. The van der Waals surface area contributed by atoms with Crippen LogP contribution in [0.15, 0.2) is 10.7 Å². The molecule has 0 aliphatic carbocycles. The summed E-state index contributed by atoms with van der Waals surface area (Å²) in [5.74, 6) is 3.69. The van der Waals surface area contributed by atoms with E-state index in [9.17, 15) is 0 Å². The Hall–Kier alpha value is -1.01. The van der Waals surface area contributed by atoms with Crippen LogP contribution in [0.4, 0.5) is 0 Å². The van der Waals surface area contributed by atoms with Crippen molar-refractivity contribution in [1.29, 1.82) is 0 Å². The molecule has 0 saturated carbocycles. The smallest absolute Gasteiger partial charge is 0.192 e. The number of hydrogen-bond donors (Lipinski definition) is 0. The average Bonchev–Trinajstić information content (AvgIpc) is 2.30. The van der Waals surface area contributed by atoms with Gasteiger partial charge in [0, 0.05) is 6.92 Å². The molecule has 1 heterocycles. The van der Waals surface area contributed by atoms with Crippen LogP contribution >= 0.6 is 0 Å². The average molecular weight is 179 g/mol. The summed E-state index contributed by atoms with van der Waals surface area (Å²) in [6.07, 6.45) is 1.60. The molecule has 0 aromatic carbocycles. The van der Waals surface area contributed by atoms with Gasteiger partial charge in [0.1, 0.15) is 14.3 Å². The highest BCUT2D eigenvalue weighted by atomic mass is 28.3. The van der Waals surface area contributed by atoms with Crippen molar-refractivity contribution < 1.29 is 4.42 Å². The standard InChI is InChI=1S/C9H13NOSi/c1-8-10-9(7-11-8)5-6-12(2,3)4/h7H,1-4H3. The Morgan fingerprint density at radius 1 is 1.42 bits per heavy atom. The Labute approximate surface area is 74.0 Å². The largest absolute Gasteiger partial charge is 0.448 e. The minimum Gasteiger partial charge on any atom is -0.448 e. The van der Waals surface area contributed by atoms with Crippen molar-refractivity contribution in [2.45, 2.75) is 26.6 Å². The van der Waals surface area contributed by atoms with Crippen LogP contribution in [0.3, 0.4) is 0 Å². The summed E-state index contributed by atoms with van der Waals surface area (Å²) in [5, 5.41) is 0. The molecular formula is C9H13NOSi. The van der Waals surface area contributed by atoms with Crippen molar-refractivity contribution in [2.75, 3.05) is 0 Å². The van der Waals surface area contributed by atoms with Crippen LogP contribution in [0.1, 0.15) is 11.6 Å². The molecule has 0 atom stereocenters. The zero-order chi connectivity index (χ0) is 9.19. The Balaban J connectivity index is 2.80. The molecule has 0 bridgehead atoms. The van der Waals surface area contributed by atoms with Crippen molar-refractivity contribution in [3.05, 3.63) is 17.8 Å². The van der Waals surface area contributed by atoms with Gasteiger partial charge in [-0.2, -0.15) is 0 Å². The minimum absolute atomic E-state index is 0.676. The van der Waals surface area contributed by atoms with Crippen molar-refractivity contribution in [3.8, 4) is 11.5 Å². The van der Waals surface area contributed by atoms with Crippen LogP contribution < -0.4 is 0 Å². The first-order valence-corrected chi connectivity index (χ1v) is 7.43. The Morgan fingerprint density at radius 2 is 2.08 bits per heavy atom. The predicted octanol–water partition coefficient (Wildman–Crippen LogP) is 2.21. The van der Waals surface area contributed by atoms with Gasteiger partial charge < -0.3 is 4.42 Å². The van der Waals surface area contributed by atoms with E-state index in [-0.39, 0.29) is 0 Å². The van der Waals surface area contributed by atoms with E-state index in [2.05, 4.69) is 36.1 Å². The van der Waals surface area contributed by atoms with Crippen LogP contribution in [-0.2, 0) is 0 Å². The fourth-order valence-corrected chi connectivity index (χ4v) is 1.18. The zero-order valence-corrected chi connectivity index (χ0v) is 8.93. The van der Waals surface area contributed by atoms with Crippen LogP contribution in [-0.4, -0.2) is 13.1 Å². The first-order valence-electron chi connectivity index (χ1n) is 3.93. The normalized spacial score (nSPS) is 10.7. The molecule has 0 amide bonds. The Kier molecular flexibility index (Phi) is 2.39. The third kappa shape index (κ3) is 2.93. The van der Waals surface area contributed by atoms with E-state index in [1.54, 1.807) is 6.26 Å². The third-order valence-corrected chi connectivity index (χ3v) is 2.06. The number of hydrogen-bond acceptors (Lipinski definition) is 2. The second-order valence-electron chi connectivity index (χ2n) is 3.75. The van der Waals surface area contributed by atoms with E-state index in [4.69, 9.17) is 4.42 Å². The highest BCUT2D eigenvalue weighted by molar-refractivity contribution is 6.83. The van der Waals surface area contributed by atoms with E-state index in [1.807, 2.05) is 6.92 Å². The van der Waals surface area contributed by atoms with Crippen molar-refractivity contribution in [3.63, 3.8) is 0 Å².